The Morgan fingerprint density at radius 3 is 2.26 bits per heavy atom. The zero-order valence-electron chi connectivity index (χ0n) is 13.1. The molecule has 0 aliphatic carbocycles. The molecule has 0 aliphatic rings. The van der Waals surface area contributed by atoms with E-state index in [-0.39, 0.29) is 11.4 Å². The Balaban J connectivity index is 2.40. The molecule has 0 spiro atoms. The summed E-state index contributed by atoms with van der Waals surface area (Å²) < 4.78 is 26.6. The van der Waals surface area contributed by atoms with E-state index >= 15 is 0 Å². The lowest BCUT2D eigenvalue weighted by Gasteiger charge is -2.21. The zero-order chi connectivity index (χ0) is 17.0. The van der Waals surface area contributed by atoms with Crippen LogP contribution >= 0.6 is 0 Å². The van der Waals surface area contributed by atoms with Gasteiger partial charge in [0.15, 0.2) is 0 Å². The summed E-state index contributed by atoms with van der Waals surface area (Å²) in [6, 6.07) is 13.7. The van der Waals surface area contributed by atoms with Crippen molar-refractivity contribution < 1.29 is 18.3 Å². The van der Waals surface area contributed by atoms with E-state index in [0.29, 0.717) is 0 Å². The average Bonchev–Trinajstić information content (AvgIpc) is 2.50. The van der Waals surface area contributed by atoms with Gasteiger partial charge in [0.05, 0.1) is 4.90 Å². The van der Waals surface area contributed by atoms with Crippen LogP contribution in [0, 0.1) is 13.8 Å². The number of hydrogen-bond acceptors (Lipinski definition) is 3. The van der Waals surface area contributed by atoms with Crippen molar-refractivity contribution in [1.82, 2.24) is 4.31 Å². The van der Waals surface area contributed by atoms with Crippen LogP contribution in [0.4, 0.5) is 0 Å². The predicted molar refractivity (Wildman–Crippen MR) is 87.6 cm³/mol. The van der Waals surface area contributed by atoms with E-state index in [1.165, 1.54) is 6.07 Å². The lowest BCUT2D eigenvalue weighted by Crippen LogP contribution is -2.35. The maximum atomic E-state index is 12.8. The molecule has 23 heavy (non-hydrogen) atoms. The first kappa shape index (κ1) is 17.2. The Hall–Kier alpha value is -2.18. The first-order valence-electron chi connectivity index (χ1n) is 7.14. The Labute approximate surface area is 136 Å². The van der Waals surface area contributed by atoms with Crippen molar-refractivity contribution in [2.75, 3.05) is 6.54 Å². The smallest absolute Gasteiger partial charge is 0.318 e. The largest absolute Gasteiger partial charge is 0.480 e. The minimum Gasteiger partial charge on any atom is -0.480 e. The summed E-state index contributed by atoms with van der Waals surface area (Å²) in [6.07, 6.45) is 0. The van der Waals surface area contributed by atoms with Crippen LogP contribution in [-0.4, -0.2) is 30.3 Å². The van der Waals surface area contributed by atoms with Gasteiger partial charge in [-0.05, 0) is 42.7 Å². The molecule has 0 radical (unpaired) electrons. The van der Waals surface area contributed by atoms with Crippen molar-refractivity contribution in [2.45, 2.75) is 25.3 Å². The van der Waals surface area contributed by atoms with Crippen molar-refractivity contribution >= 4 is 16.0 Å². The van der Waals surface area contributed by atoms with Gasteiger partial charge in [0, 0.05) is 6.54 Å². The molecule has 0 atom stereocenters. The molecule has 0 amide bonds. The van der Waals surface area contributed by atoms with Crippen LogP contribution in [0.15, 0.2) is 53.4 Å². The van der Waals surface area contributed by atoms with Gasteiger partial charge < -0.3 is 5.11 Å². The van der Waals surface area contributed by atoms with E-state index in [9.17, 15) is 13.2 Å². The highest BCUT2D eigenvalue weighted by molar-refractivity contribution is 7.89. The fraction of sp³-hybridized carbons (Fsp3) is 0.235. The number of hydrogen-bond donors (Lipinski definition) is 1. The predicted octanol–water partition coefficient (Wildman–Crippen LogP) is 2.58. The van der Waals surface area contributed by atoms with E-state index in [2.05, 4.69) is 0 Å². The molecular weight excluding hydrogens is 314 g/mol. The fourth-order valence-corrected chi connectivity index (χ4v) is 3.65. The van der Waals surface area contributed by atoms with E-state index in [4.69, 9.17) is 5.11 Å². The standard InChI is InChI=1S/C17H19NO4S/c1-13-8-9-16(10-14(13)2)23(21,22)18(12-17(19)20)11-15-6-4-3-5-7-15/h3-10H,11-12H2,1-2H3,(H,19,20). The maximum Gasteiger partial charge on any atom is 0.318 e. The molecule has 2 aromatic rings. The minimum absolute atomic E-state index is 0.0163. The highest BCUT2D eigenvalue weighted by Crippen LogP contribution is 2.21. The number of benzene rings is 2. The third-order valence-electron chi connectivity index (χ3n) is 3.63. The second kappa shape index (κ2) is 6.93. The van der Waals surface area contributed by atoms with Crippen molar-refractivity contribution in [1.29, 1.82) is 0 Å². The molecule has 0 bridgehead atoms. The Morgan fingerprint density at radius 1 is 1.04 bits per heavy atom. The number of carboxylic acid groups (broad SMARTS) is 1. The molecule has 0 aromatic heterocycles. The molecule has 0 aliphatic heterocycles. The van der Waals surface area contributed by atoms with Gasteiger partial charge in [0.25, 0.3) is 0 Å². The summed E-state index contributed by atoms with van der Waals surface area (Å²) in [4.78, 5) is 11.2. The van der Waals surface area contributed by atoms with E-state index < -0.39 is 22.5 Å². The molecule has 0 saturated heterocycles. The number of aryl methyl sites for hydroxylation is 2. The van der Waals surface area contributed by atoms with Crippen molar-refractivity contribution in [3.8, 4) is 0 Å². The van der Waals surface area contributed by atoms with E-state index in [1.807, 2.05) is 19.9 Å². The Bertz CT molecular complexity index is 801. The summed E-state index contributed by atoms with van der Waals surface area (Å²) in [6.45, 7) is 3.16. The van der Waals surface area contributed by atoms with Crippen molar-refractivity contribution in [3.05, 3.63) is 65.2 Å². The normalized spacial score (nSPS) is 11.6. The SMILES string of the molecule is Cc1ccc(S(=O)(=O)N(CC(=O)O)Cc2ccccc2)cc1C. The van der Waals surface area contributed by atoms with Gasteiger partial charge in [0.1, 0.15) is 6.54 Å². The van der Waals surface area contributed by atoms with Crippen LogP contribution < -0.4 is 0 Å². The highest BCUT2D eigenvalue weighted by Gasteiger charge is 2.27. The monoisotopic (exact) mass is 333 g/mol. The molecule has 122 valence electrons. The molecule has 0 heterocycles. The van der Waals surface area contributed by atoms with Crippen molar-refractivity contribution in [3.63, 3.8) is 0 Å². The van der Waals surface area contributed by atoms with Crippen LogP contribution in [-0.2, 0) is 21.4 Å². The van der Waals surface area contributed by atoms with Gasteiger partial charge >= 0.3 is 5.97 Å². The van der Waals surface area contributed by atoms with Gasteiger partial charge in [0.2, 0.25) is 10.0 Å². The number of carboxylic acids is 1. The first-order valence-corrected chi connectivity index (χ1v) is 8.58. The summed E-state index contributed by atoms with van der Waals surface area (Å²) in [5.74, 6) is -1.19. The topological polar surface area (TPSA) is 74.7 Å². The summed E-state index contributed by atoms with van der Waals surface area (Å²) in [5, 5.41) is 9.06. The quantitative estimate of drug-likeness (QED) is 0.882. The Morgan fingerprint density at radius 2 is 1.70 bits per heavy atom. The second-order valence-electron chi connectivity index (χ2n) is 5.40. The van der Waals surface area contributed by atoms with Crippen molar-refractivity contribution in [2.24, 2.45) is 0 Å². The molecule has 1 N–H and O–H groups in total. The number of aliphatic carboxylic acids is 1. The molecule has 2 aromatic carbocycles. The molecular formula is C17H19NO4S. The summed E-state index contributed by atoms with van der Waals surface area (Å²) in [7, 11) is -3.88. The fourth-order valence-electron chi connectivity index (χ4n) is 2.19. The van der Waals surface area contributed by atoms with Crippen LogP contribution in [0.25, 0.3) is 0 Å². The lowest BCUT2D eigenvalue weighted by atomic mass is 10.1. The average molecular weight is 333 g/mol. The highest BCUT2D eigenvalue weighted by atomic mass is 32.2. The van der Waals surface area contributed by atoms with E-state index in [0.717, 1.165) is 21.0 Å². The number of nitrogens with zero attached hydrogens (tertiary/aromatic N) is 1. The van der Waals surface area contributed by atoms with Crippen LogP contribution in [0.2, 0.25) is 0 Å². The third kappa shape index (κ3) is 4.18. The second-order valence-corrected chi connectivity index (χ2v) is 7.34. The third-order valence-corrected chi connectivity index (χ3v) is 5.42. The molecule has 0 fully saturated rings. The summed E-state index contributed by atoms with van der Waals surface area (Å²) in [5.41, 5.74) is 2.57. The molecule has 5 nitrogen and oxygen atoms in total. The lowest BCUT2D eigenvalue weighted by molar-refractivity contribution is -0.137. The molecule has 0 unspecified atom stereocenters. The van der Waals surface area contributed by atoms with Gasteiger partial charge in [-0.3, -0.25) is 4.79 Å². The number of carbonyl (C=O) groups is 1. The summed E-state index contributed by atoms with van der Waals surface area (Å²) >= 11 is 0. The molecule has 2 rings (SSSR count). The van der Waals surface area contributed by atoms with Gasteiger partial charge in [-0.2, -0.15) is 4.31 Å². The zero-order valence-corrected chi connectivity index (χ0v) is 13.9. The van der Waals surface area contributed by atoms with Gasteiger partial charge in [-0.15, -0.1) is 0 Å². The van der Waals surface area contributed by atoms with Crippen LogP contribution in [0.3, 0.4) is 0 Å². The number of sulfonamides is 1. The van der Waals surface area contributed by atoms with Crippen LogP contribution in [0.1, 0.15) is 16.7 Å². The van der Waals surface area contributed by atoms with Gasteiger partial charge in [-0.1, -0.05) is 36.4 Å². The van der Waals surface area contributed by atoms with Crippen LogP contribution in [0.5, 0.6) is 0 Å². The Kier molecular flexibility index (Phi) is 5.18. The maximum absolute atomic E-state index is 12.8. The van der Waals surface area contributed by atoms with E-state index in [1.54, 1.807) is 36.4 Å². The minimum atomic E-state index is -3.88. The molecule has 6 heteroatoms. The number of rotatable bonds is 6. The molecule has 0 saturated carbocycles. The first-order chi connectivity index (χ1) is 10.8. The van der Waals surface area contributed by atoms with Gasteiger partial charge in [-0.25, -0.2) is 8.42 Å².